The number of carbonyl (C=O) groups excluding carboxylic acids is 2. The zero-order valence-corrected chi connectivity index (χ0v) is 15.3. The highest BCUT2D eigenvalue weighted by atomic mass is 19.4. The van der Waals surface area contributed by atoms with Crippen LogP contribution in [0.3, 0.4) is 0 Å². The number of benzene rings is 1. The fourth-order valence-electron chi connectivity index (χ4n) is 2.41. The lowest BCUT2D eigenvalue weighted by atomic mass is 10.1. The van der Waals surface area contributed by atoms with E-state index < -0.39 is 23.7 Å². The maximum absolute atomic E-state index is 14.0. The zero-order valence-electron chi connectivity index (χ0n) is 15.3. The predicted molar refractivity (Wildman–Crippen MR) is 93.9 cm³/mol. The Kier molecular flexibility index (Phi) is 6.12. The SMILES string of the molecule is COC(=O)C(NC(=O)c1ccccc1OC)(Nc1cc(C)ccn1)C(F)(F)F. The molecule has 0 aliphatic heterocycles. The van der Waals surface area contributed by atoms with Gasteiger partial charge in [-0.25, -0.2) is 9.78 Å². The summed E-state index contributed by atoms with van der Waals surface area (Å²) in [6, 6.07) is 8.50. The number of carbonyl (C=O) groups is 2. The second kappa shape index (κ2) is 8.15. The first kappa shape index (κ1) is 21.0. The van der Waals surface area contributed by atoms with Crippen LogP contribution in [0.15, 0.2) is 42.6 Å². The van der Waals surface area contributed by atoms with E-state index in [2.05, 4.69) is 9.72 Å². The maximum atomic E-state index is 14.0. The number of anilines is 1. The Morgan fingerprint density at radius 3 is 2.36 bits per heavy atom. The van der Waals surface area contributed by atoms with Gasteiger partial charge < -0.3 is 20.1 Å². The van der Waals surface area contributed by atoms with E-state index in [1.54, 1.807) is 24.4 Å². The van der Waals surface area contributed by atoms with E-state index in [4.69, 9.17) is 4.74 Å². The lowest BCUT2D eigenvalue weighted by molar-refractivity contribution is -0.203. The topological polar surface area (TPSA) is 89.5 Å². The van der Waals surface area contributed by atoms with Gasteiger partial charge >= 0.3 is 17.8 Å². The lowest BCUT2D eigenvalue weighted by Gasteiger charge is -2.34. The molecular weight excluding hydrogens is 379 g/mol. The second-order valence-electron chi connectivity index (χ2n) is 5.74. The van der Waals surface area contributed by atoms with Gasteiger partial charge in [-0.2, -0.15) is 13.2 Å². The first-order valence-electron chi connectivity index (χ1n) is 7.96. The molecule has 2 rings (SSSR count). The molecule has 1 atom stereocenters. The van der Waals surface area contributed by atoms with Crippen LogP contribution in [0.1, 0.15) is 15.9 Å². The minimum absolute atomic E-state index is 0.0367. The van der Waals surface area contributed by atoms with Crippen molar-refractivity contribution in [3.63, 3.8) is 0 Å². The standard InChI is InChI=1S/C18H18F3N3O4/c1-11-8-9-22-14(10-11)23-17(16(26)28-3,18(19,20)21)24-15(25)12-6-4-5-7-13(12)27-2/h4-10H,1-3H3,(H,22,23)(H,24,25). The molecule has 0 aliphatic rings. The predicted octanol–water partition coefficient (Wildman–Crippen LogP) is 2.67. The number of hydrogen-bond donors (Lipinski definition) is 2. The number of aromatic nitrogens is 1. The molecule has 1 unspecified atom stereocenters. The number of amides is 1. The molecule has 0 aliphatic carbocycles. The molecule has 1 amide bonds. The fraction of sp³-hybridized carbons (Fsp3) is 0.278. The van der Waals surface area contributed by atoms with E-state index in [0.717, 1.165) is 7.11 Å². The van der Waals surface area contributed by atoms with Crippen LogP contribution in [0.5, 0.6) is 5.75 Å². The highest BCUT2D eigenvalue weighted by Gasteiger charge is 2.63. The number of pyridine rings is 1. The summed E-state index contributed by atoms with van der Waals surface area (Å²) in [5, 5.41) is 3.69. The Morgan fingerprint density at radius 2 is 1.79 bits per heavy atom. The largest absolute Gasteiger partial charge is 0.496 e. The summed E-state index contributed by atoms with van der Waals surface area (Å²) < 4.78 is 51.4. The Hall–Kier alpha value is -3.30. The molecule has 0 fully saturated rings. The third kappa shape index (κ3) is 4.16. The summed E-state index contributed by atoms with van der Waals surface area (Å²) in [7, 11) is 2.04. The third-order valence-electron chi connectivity index (χ3n) is 3.80. The number of hydrogen-bond acceptors (Lipinski definition) is 6. The van der Waals surface area contributed by atoms with E-state index in [1.807, 2.05) is 5.32 Å². The van der Waals surface area contributed by atoms with Crippen molar-refractivity contribution in [3.8, 4) is 5.75 Å². The van der Waals surface area contributed by atoms with Crippen molar-refractivity contribution < 1.29 is 32.2 Å². The molecule has 2 N–H and O–H groups in total. The van der Waals surface area contributed by atoms with Crippen LogP contribution < -0.4 is 15.4 Å². The van der Waals surface area contributed by atoms with E-state index in [1.165, 1.54) is 37.6 Å². The lowest BCUT2D eigenvalue weighted by Crippen LogP contribution is -2.69. The summed E-state index contributed by atoms with van der Waals surface area (Å²) in [6.07, 6.45) is -4.00. The van der Waals surface area contributed by atoms with Crippen molar-refractivity contribution >= 4 is 17.7 Å². The Bertz CT molecular complexity index is 873. The van der Waals surface area contributed by atoms with Gasteiger partial charge in [-0.05, 0) is 36.8 Å². The maximum Gasteiger partial charge on any atom is 0.441 e. The minimum Gasteiger partial charge on any atom is -0.496 e. The van der Waals surface area contributed by atoms with Crippen LogP contribution in [-0.4, -0.2) is 42.9 Å². The first-order valence-corrected chi connectivity index (χ1v) is 7.96. The molecule has 1 aromatic heterocycles. The zero-order chi connectivity index (χ0) is 20.9. The average Bonchev–Trinajstić information content (AvgIpc) is 2.65. The van der Waals surface area contributed by atoms with Gasteiger partial charge in [0.2, 0.25) is 0 Å². The van der Waals surface area contributed by atoms with Gasteiger partial charge in [-0.3, -0.25) is 4.79 Å². The van der Waals surface area contributed by atoms with Gasteiger partial charge in [-0.15, -0.1) is 0 Å². The molecule has 28 heavy (non-hydrogen) atoms. The molecule has 1 heterocycles. The van der Waals surface area contributed by atoms with Crippen LogP contribution >= 0.6 is 0 Å². The summed E-state index contributed by atoms with van der Waals surface area (Å²) in [5.74, 6) is -3.19. The Morgan fingerprint density at radius 1 is 1.11 bits per heavy atom. The Balaban J connectivity index is 2.53. The van der Waals surface area contributed by atoms with Crippen LogP contribution in [0.4, 0.5) is 19.0 Å². The van der Waals surface area contributed by atoms with E-state index in [0.29, 0.717) is 5.56 Å². The molecule has 0 radical (unpaired) electrons. The molecule has 150 valence electrons. The van der Waals surface area contributed by atoms with Crippen LogP contribution in [0.25, 0.3) is 0 Å². The first-order chi connectivity index (χ1) is 13.1. The number of methoxy groups -OCH3 is 2. The van der Waals surface area contributed by atoms with Crippen molar-refractivity contribution in [1.29, 1.82) is 0 Å². The quantitative estimate of drug-likeness (QED) is 0.576. The number of ether oxygens (including phenoxy) is 2. The van der Waals surface area contributed by atoms with Crippen molar-refractivity contribution in [2.75, 3.05) is 19.5 Å². The molecule has 0 bridgehead atoms. The number of rotatable bonds is 6. The van der Waals surface area contributed by atoms with Crippen LogP contribution in [-0.2, 0) is 9.53 Å². The third-order valence-corrected chi connectivity index (χ3v) is 3.80. The number of halogens is 3. The highest BCUT2D eigenvalue weighted by Crippen LogP contribution is 2.33. The average molecular weight is 397 g/mol. The molecule has 1 aromatic carbocycles. The number of nitrogens with zero attached hydrogens (tertiary/aromatic N) is 1. The number of para-hydroxylation sites is 1. The van der Waals surface area contributed by atoms with Crippen molar-refractivity contribution in [2.45, 2.75) is 18.8 Å². The van der Waals surface area contributed by atoms with Gasteiger partial charge in [-0.1, -0.05) is 12.1 Å². The van der Waals surface area contributed by atoms with Gasteiger partial charge in [0, 0.05) is 6.20 Å². The fourth-order valence-corrected chi connectivity index (χ4v) is 2.41. The van der Waals surface area contributed by atoms with E-state index in [9.17, 15) is 22.8 Å². The van der Waals surface area contributed by atoms with Gasteiger partial charge in [0.15, 0.2) is 0 Å². The van der Waals surface area contributed by atoms with Gasteiger partial charge in [0.05, 0.1) is 19.8 Å². The minimum atomic E-state index is -5.26. The van der Waals surface area contributed by atoms with Crippen LogP contribution in [0.2, 0.25) is 0 Å². The summed E-state index contributed by atoms with van der Waals surface area (Å²) in [5.41, 5.74) is -3.17. The van der Waals surface area contributed by atoms with Crippen LogP contribution in [0, 0.1) is 6.92 Å². The molecule has 0 saturated heterocycles. The summed E-state index contributed by atoms with van der Waals surface area (Å²) >= 11 is 0. The number of esters is 1. The highest BCUT2D eigenvalue weighted by molar-refractivity contribution is 6.01. The Labute approximate surface area is 158 Å². The number of nitrogens with one attached hydrogen (secondary N) is 2. The molecule has 10 heteroatoms. The molecule has 2 aromatic rings. The molecule has 0 spiro atoms. The smallest absolute Gasteiger partial charge is 0.441 e. The van der Waals surface area contributed by atoms with E-state index >= 15 is 0 Å². The molecule has 0 saturated carbocycles. The summed E-state index contributed by atoms with van der Waals surface area (Å²) in [4.78, 5) is 28.6. The molecular formula is C18H18F3N3O4. The summed E-state index contributed by atoms with van der Waals surface area (Å²) in [6.45, 7) is 1.63. The monoisotopic (exact) mass is 397 g/mol. The van der Waals surface area contributed by atoms with Crippen molar-refractivity contribution in [1.82, 2.24) is 10.3 Å². The molecule has 7 nitrogen and oxygen atoms in total. The second-order valence-corrected chi connectivity index (χ2v) is 5.74. The van der Waals surface area contributed by atoms with Gasteiger partial charge in [0.1, 0.15) is 11.6 Å². The number of alkyl halides is 3. The number of aryl methyl sites for hydroxylation is 1. The van der Waals surface area contributed by atoms with Gasteiger partial charge in [0.25, 0.3) is 5.91 Å². The van der Waals surface area contributed by atoms with E-state index in [-0.39, 0.29) is 17.1 Å². The van der Waals surface area contributed by atoms with Crippen molar-refractivity contribution in [3.05, 3.63) is 53.7 Å². The van der Waals surface area contributed by atoms with Crippen molar-refractivity contribution in [2.24, 2.45) is 0 Å². The normalized spacial score (nSPS) is 13.2.